The normalized spacial score (nSPS) is 21.1. The van der Waals surface area contributed by atoms with E-state index in [1.165, 1.54) is 10.9 Å². The minimum Gasteiger partial charge on any atom is -0.472 e. The Labute approximate surface area is 167 Å². The lowest BCUT2D eigenvalue weighted by molar-refractivity contribution is 0.248. The molecule has 0 radical (unpaired) electrons. The number of anilines is 1. The largest absolute Gasteiger partial charge is 0.472 e. The molecule has 3 N–H and O–H groups in total. The van der Waals surface area contributed by atoms with Gasteiger partial charge in [-0.05, 0) is 67.7 Å². The molecule has 2 heterocycles. The van der Waals surface area contributed by atoms with E-state index in [2.05, 4.69) is 15.1 Å². The van der Waals surface area contributed by atoms with Crippen molar-refractivity contribution in [2.24, 2.45) is 0 Å². The van der Waals surface area contributed by atoms with Crippen LogP contribution in [0.3, 0.4) is 0 Å². The molecule has 29 heavy (non-hydrogen) atoms. The summed E-state index contributed by atoms with van der Waals surface area (Å²) < 4.78 is 45.3. The first-order valence-electron chi connectivity index (χ1n) is 9.80. The van der Waals surface area contributed by atoms with E-state index in [-0.39, 0.29) is 22.7 Å². The van der Waals surface area contributed by atoms with Crippen LogP contribution in [0.4, 0.5) is 14.9 Å². The number of benzene rings is 1. The lowest BCUT2D eigenvalue weighted by Crippen LogP contribution is -2.34. The number of ether oxygens (including phenoxy) is 1. The number of nitrogens with one attached hydrogen (secondary N) is 3. The summed E-state index contributed by atoms with van der Waals surface area (Å²) in [5.74, 6) is 0.128. The minimum atomic E-state index is -3.67. The Morgan fingerprint density at radius 2 is 1.86 bits per heavy atom. The molecule has 2 aliphatic carbocycles. The van der Waals surface area contributed by atoms with Crippen molar-refractivity contribution in [2.75, 3.05) is 5.32 Å². The van der Waals surface area contributed by atoms with Crippen molar-refractivity contribution < 1.29 is 18.1 Å². The van der Waals surface area contributed by atoms with E-state index in [0.717, 1.165) is 24.0 Å². The Bertz CT molecular complexity index is 1110. The summed E-state index contributed by atoms with van der Waals surface area (Å²) in [4.78, 5) is 12.7. The van der Waals surface area contributed by atoms with Gasteiger partial charge in [-0.25, -0.2) is 27.6 Å². The first-order chi connectivity index (χ1) is 13.8. The van der Waals surface area contributed by atoms with Gasteiger partial charge in [0.2, 0.25) is 5.88 Å². The summed E-state index contributed by atoms with van der Waals surface area (Å²) in [5, 5.41) is 6.87. The third-order valence-corrected chi connectivity index (χ3v) is 7.23. The fraction of sp³-hybridized carbons (Fsp3) is 0.474. The molecule has 2 amide bonds. The van der Waals surface area contributed by atoms with Crippen LogP contribution in [-0.4, -0.2) is 26.1 Å². The standard InChI is InChI=1S/C19H22FN5O3S/c1-10-9-25-18(28-10)15(8-22-25)29(21,27)24-19(26)23-17-13-6-2-4-11(13)16(20)12-5-3-7-14(12)17/h8,10H,2-7,9H2,1H3,(H3,21,23,24,26,27). The smallest absolute Gasteiger partial charge is 0.331 e. The van der Waals surface area contributed by atoms with Gasteiger partial charge in [0.1, 0.15) is 16.8 Å². The molecule has 154 valence electrons. The van der Waals surface area contributed by atoms with E-state index >= 15 is 0 Å². The highest BCUT2D eigenvalue weighted by atomic mass is 32.2. The van der Waals surface area contributed by atoms with Crippen molar-refractivity contribution in [3.63, 3.8) is 0 Å². The van der Waals surface area contributed by atoms with Crippen LogP contribution in [0.1, 0.15) is 42.0 Å². The van der Waals surface area contributed by atoms with Crippen molar-refractivity contribution in [1.29, 1.82) is 4.78 Å². The summed E-state index contributed by atoms with van der Waals surface area (Å²) in [6.45, 7) is 2.35. The van der Waals surface area contributed by atoms with Gasteiger partial charge in [0, 0.05) is 5.69 Å². The van der Waals surface area contributed by atoms with Crippen LogP contribution in [0.15, 0.2) is 11.1 Å². The Morgan fingerprint density at radius 1 is 1.24 bits per heavy atom. The average molecular weight is 419 g/mol. The van der Waals surface area contributed by atoms with E-state index in [1.807, 2.05) is 6.92 Å². The maximum absolute atomic E-state index is 14.8. The molecular formula is C19H22FN5O3S. The summed E-state index contributed by atoms with van der Waals surface area (Å²) in [5.41, 5.74) is 3.66. The molecule has 2 atom stereocenters. The molecule has 2 aromatic rings. The molecule has 3 aliphatic rings. The van der Waals surface area contributed by atoms with Gasteiger partial charge in [0.05, 0.1) is 12.7 Å². The SMILES string of the molecule is CC1Cn2ncc(S(=N)(=O)NC(=O)Nc3c4c(c(F)c5c3CCC5)CCC4)c2O1. The first kappa shape index (κ1) is 18.4. The van der Waals surface area contributed by atoms with Crippen molar-refractivity contribution >= 4 is 21.6 Å². The zero-order valence-corrected chi connectivity index (χ0v) is 16.8. The molecule has 0 saturated heterocycles. The van der Waals surface area contributed by atoms with Crippen molar-refractivity contribution in [3.05, 3.63) is 34.3 Å². The maximum atomic E-state index is 14.8. The molecule has 1 aromatic heterocycles. The van der Waals surface area contributed by atoms with Crippen LogP contribution < -0.4 is 14.8 Å². The quantitative estimate of drug-likeness (QED) is 0.711. The zero-order chi connectivity index (χ0) is 20.3. The van der Waals surface area contributed by atoms with Gasteiger partial charge in [0.25, 0.3) is 0 Å². The molecule has 1 aliphatic heterocycles. The number of hydrogen-bond acceptors (Lipinski definition) is 5. The molecule has 0 spiro atoms. The van der Waals surface area contributed by atoms with E-state index in [9.17, 15) is 13.4 Å². The van der Waals surface area contributed by atoms with Gasteiger partial charge in [-0.2, -0.15) is 5.10 Å². The zero-order valence-electron chi connectivity index (χ0n) is 16.0. The number of fused-ring (bicyclic) bond motifs is 3. The summed E-state index contributed by atoms with van der Waals surface area (Å²) >= 11 is 0. The van der Waals surface area contributed by atoms with E-state index in [0.29, 0.717) is 49.0 Å². The number of aromatic nitrogens is 2. The van der Waals surface area contributed by atoms with Crippen molar-refractivity contribution in [2.45, 2.75) is 63.0 Å². The van der Waals surface area contributed by atoms with Crippen molar-refractivity contribution in [1.82, 2.24) is 14.5 Å². The van der Waals surface area contributed by atoms with Gasteiger partial charge in [-0.1, -0.05) is 0 Å². The van der Waals surface area contributed by atoms with Crippen LogP contribution in [-0.2, 0) is 42.1 Å². The van der Waals surface area contributed by atoms with Crippen LogP contribution in [0.2, 0.25) is 0 Å². The molecule has 2 unspecified atom stereocenters. The molecule has 0 bridgehead atoms. The number of carbonyl (C=O) groups excluding carboxylic acids is 1. The monoisotopic (exact) mass is 419 g/mol. The van der Waals surface area contributed by atoms with Gasteiger partial charge in [-0.15, -0.1) is 0 Å². The lowest BCUT2D eigenvalue weighted by atomic mass is 9.98. The number of rotatable bonds is 3. The Kier molecular flexibility index (Phi) is 4.09. The number of urea groups is 1. The molecule has 10 heteroatoms. The molecule has 5 rings (SSSR count). The fourth-order valence-corrected chi connectivity index (χ4v) is 5.65. The average Bonchev–Trinajstić information content (AvgIpc) is 3.40. The van der Waals surface area contributed by atoms with E-state index in [4.69, 9.17) is 9.52 Å². The predicted molar refractivity (Wildman–Crippen MR) is 104 cm³/mol. The fourth-order valence-electron chi connectivity index (χ4n) is 4.64. The Morgan fingerprint density at radius 3 is 2.52 bits per heavy atom. The van der Waals surface area contributed by atoms with Gasteiger partial charge in [-0.3, -0.25) is 0 Å². The molecule has 8 nitrogen and oxygen atoms in total. The molecule has 1 aromatic carbocycles. The summed E-state index contributed by atoms with van der Waals surface area (Å²) in [6, 6.07) is -0.745. The van der Waals surface area contributed by atoms with Crippen LogP contribution in [0.5, 0.6) is 5.88 Å². The Balaban J connectivity index is 1.43. The topological polar surface area (TPSA) is 109 Å². The van der Waals surface area contributed by atoms with Crippen LogP contribution >= 0.6 is 0 Å². The number of carbonyl (C=O) groups is 1. The highest BCUT2D eigenvalue weighted by Crippen LogP contribution is 2.41. The minimum absolute atomic E-state index is 0.0477. The third-order valence-electron chi connectivity index (χ3n) is 5.86. The predicted octanol–water partition coefficient (Wildman–Crippen LogP) is 2.92. The van der Waals surface area contributed by atoms with Gasteiger partial charge < -0.3 is 10.1 Å². The van der Waals surface area contributed by atoms with Gasteiger partial charge >= 0.3 is 6.03 Å². The number of nitrogens with zero attached hydrogens (tertiary/aromatic N) is 2. The first-order valence-corrected chi connectivity index (χ1v) is 11.4. The van der Waals surface area contributed by atoms with E-state index < -0.39 is 15.9 Å². The molecule has 0 saturated carbocycles. The molecular weight excluding hydrogens is 397 g/mol. The summed E-state index contributed by atoms with van der Waals surface area (Å²) in [6.07, 6.45) is 5.59. The second-order valence-corrected chi connectivity index (χ2v) is 9.60. The second kappa shape index (κ2) is 6.45. The highest BCUT2D eigenvalue weighted by Gasteiger charge is 2.32. The van der Waals surface area contributed by atoms with E-state index in [1.54, 1.807) is 0 Å². The Hall–Kier alpha value is -2.62. The number of amides is 2. The maximum Gasteiger partial charge on any atom is 0.331 e. The lowest BCUT2D eigenvalue weighted by Gasteiger charge is -2.18. The number of hydrogen-bond donors (Lipinski definition) is 3. The van der Waals surface area contributed by atoms with Crippen LogP contribution in [0, 0.1) is 10.6 Å². The van der Waals surface area contributed by atoms with Gasteiger partial charge in [0.15, 0.2) is 9.92 Å². The number of halogens is 1. The second-order valence-electron chi connectivity index (χ2n) is 7.85. The highest BCUT2D eigenvalue weighted by molar-refractivity contribution is 7.91. The molecule has 0 fully saturated rings. The van der Waals surface area contributed by atoms with Crippen LogP contribution in [0.25, 0.3) is 0 Å². The summed E-state index contributed by atoms with van der Waals surface area (Å²) in [7, 11) is -3.67. The third kappa shape index (κ3) is 2.88. The van der Waals surface area contributed by atoms with Crippen molar-refractivity contribution in [3.8, 4) is 5.88 Å².